The van der Waals surface area contributed by atoms with E-state index in [0.717, 1.165) is 44.4 Å². The Morgan fingerprint density at radius 1 is 0.800 bits per heavy atom. The topological polar surface area (TPSA) is 88.7 Å². The number of aromatic amines is 2. The first-order valence-corrected chi connectivity index (χ1v) is 10.9. The molecule has 2 N–H and O–H groups in total. The zero-order valence-electron chi connectivity index (χ0n) is 19.0. The van der Waals surface area contributed by atoms with Gasteiger partial charge in [-0.15, -0.1) is 0 Å². The maximum atomic E-state index is 14.2. The first-order chi connectivity index (χ1) is 17.1. The molecular weight excluding hydrogens is 445 g/mol. The molecule has 0 aliphatic carbocycles. The summed E-state index contributed by atoms with van der Waals surface area (Å²) < 4.78 is 24.8. The molecule has 2 aromatic carbocycles. The molecular formula is C27H20FN5O2. The van der Waals surface area contributed by atoms with Crippen molar-refractivity contribution in [2.45, 2.75) is 0 Å². The molecule has 0 saturated heterocycles. The lowest BCUT2D eigenvalue weighted by Crippen LogP contribution is -1.88. The van der Waals surface area contributed by atoms with Gasteiger partial charge in [0.1, 0.15) is 28.7 Å². The molecule has 0 spiro atoms. The van der Waals surface area contributed by atoms with Crippen molar-refractivity contribution in [3.63, 3.8) is 0 Å². The van der Waals surface area contributed by atoms with Crippen LogP contribution in [-0.4, -0.2) is 39.4 Å². The van der Waals surface area contributed by atoms with Crippen molar-refractivity contribution in [3.8, 4) is 45.1 Å². The quantitative estimate of drug-likeness (QED) is 0.326. The third kappa shape index (κ3) is 3.65. The molecule has 0 bridgehead atoms. The van der Waals surface area contributed by atoms with Gasteiger partial charge in [0.15, 0.2) is 0 Å². The van der Waals surface area contributed by atoms with E-state index in [2.05, 4.69) is 31.2 Å². The molecule has 0 aliphatic heterocycles. The highest BCUT2D eigenvalue weighted by atomic mass is 19.1. The van der Waals surface area contributed by atoms with Gasteiger partial charge in [-0.3, -0.25) is 10.1 Å². The Kier molecular flexibility index (Phi) is 4.92. The summed E-state index contributed by atoms with van der Waals surface area (Å²) in [4.78, 5) is 12.1. The average Bonchev–Trinajstić information content (AvgIpc) is 3.51. The van der Waals surface area contributed by atoms with Gasteiger partial charge in [-0.2, -0.15) is 5.10 Å². The fourth-order valence-electron chi connectivity index (χ4n) is 4.33. The molecule has 0 radical (unpaired) electrons. The average molecular weight is 465 g/mol. The van der Waals surface area contributed by atoms with Crippen molar-refractivity contribution in [2.75, 3.05) is 14.2 Å². The number of ether oxygens (including phenoxy) is 2. The molecule has 4 aromatic heterocycles. The van der Waals surface area contributed by atoms with Crippen LogP contribution in [0.4, 0.5) is 4.39 Å². The molecule has 6 aromatic rings. The summed E-state index contributed by atoms with van der Waals surface area (Å²) in [5, 5.41) is 9.48. The fourth-order valence-corrected chi connectivity index (χ4v) is 4.33. The number of hydrogen-bond donors (Lipinski definition) is 2. The summed E-state index contributed by atoms with van der Waals surface area (Å²) in [7, 11) is 3.14. The van der Waals surface area contributed by atoms with Crippen LogP contribution in [-0.2, 0) is 0 Å². The molecule has 0 aliphatic rings. The Hall–Kier alpha value is -4.72. The number of halogens is 1. The van der Waals surface area contributed by atoms with Crippen LogP contribution in [0.1, 0.15) is 0 Å². The van der Waals surface area contributed by atoms with Crippen molar-refractivity contribution in [2.24, 2.45) is 0 Å². The van der Waals surface area contributed by atoms with Gasteiger partial charge in [-0.1, -0.05) is 6.07 Å². The second kappa shape index (κ2) is 8.25. The standard InChI is InChI=1S/C27H20FN5O2/c1-34-19-8-16(7-18(28)11-19)21-5-6-30-27-22(21)12-25(31-27)26-23-10-15(3-4-24(23)32-33-26)17-9-20(35-2)14-29-13-17/h3-14H,1-2H3,(H,30,31)(H,32,33). The number of nitrogens with one attached hydrogen (secondary N) is 2. The van der Waals surface area contributed by atoms with E-state index < -0.39 is 0 Å². The molecule has 0 fully saturated rings. The van der Waals surface area contributed by atoms with Crippen molar-refractivity contribution < 1.29 is 13.9 Å². The van der Waals surface area contributed by atoms with Gasteiger partial charge in [-0.05, 0) is 59.2 Å². The van der Waals surface area contributed by atoms with Crippen LogP contribution in [0.15, 0.2) is 73.2 Å². The van der Waals surface area contributed by atoms with Gasteiger partial charge in [-0.25, -0.2) is 9.37 Å². The zero-order chi connectivity index (χ0) is 23.9. The number of pyridine rings is 2. The van der Waals surface area contributed by atoms with E-state index in [4.69, 9.17) is 9.47 Å². The number of rotatable bonds is 5. The molecule has 0 atom stereocenters. The van der Waals surface area contributed by atoms with Crippen LogP contribution in [0, 0.1) is 5.82 Å². The normalized spacial score (nSPS) is 11.3. The van der Waals surface area contributed by atoms with Crippen LogP contribution in [0.5, 0.6) is 11.5 Å². The highest BCUT2D eigenvalue weighted by molar-refractivity contribution is 6.00. The smallest absolute Gasteiger partial charge is 0.138 e. The molecule has 35 heavy (non-hydrogen) atoms. The lowest BCUT2D eigenvalue weighted by molar-refractivity contribution is 0.411. The first kappa shape index (κ1) is 20.9. The lowest BCUT2D eigenvalue weighted by Gasteiger charge is -2.06. The second-order valence-electron chi connectivity index (χ2n) is 8.13. The Morgan fingerprint density at radius 3 is 2.51 bits per heavy atom. The van der Waals surface area contributed by atoms with Crippen molar-refractivity contribution in [1.82, 2.24) is 25.1 Å². The molecule has 0 unspecified atom stereocenters. The number of methoxy groups -OCH3 is 2. The van der Waals surface area contributed by atoms with E-state index in [1.165, 1.54) is 19.2 Å². The summed E-state index contributed by atoms with van der Waals surface area (Å²) in [5.41, 5.74) is 6.64. The summed E-state index contributed by atoms with van der Waals surface area (Å²) in [6.07, 6.45) is 5.18. The predicted octanol–water partition coefficient (Wildman–Crippen LogP) is 5.99. The summed E-state index contributed by atoms with van der Waals surface area (Å²) >= 11 is 0. The summed E-state index contributed by atoms with van der Waals surface area (Å²) in [6, 6.07) is 16.5. The van der Waals surface area contributed by atoms with Gasteiger partial charge >= 0.3 is 0 Å². The highest BCUT2D eigenvalue weighted by Gasteiger charge is 2.16. The first-order valence-electron chi connectivity index (χ1n) is 10.9. The number of fused-ring (bicyclic) bond motifs is 2. The minimum atomic E-state index is -0.363. The maximum absolute atomic E-state index is 14.2. The lowest BCUT2D eigenvalue weighted by atomic mass is 10.0. The fraction of sp³-hybridized carbons (Fsp3) is 0.0741. The number of aromatic nitrogens is 5. The third-order valence-electron chi connectivity index (χ3n) is 6.05. The van der Waals surface area contributed by atoms with Crippen LogP contribution < -0.4 is 9.47 Å². The molecule has 6 rings (SSSR count). The molecule has 0 saturated carbocycles. The van der Waals surface area contributed by atoms with Gasteiger partial charge in [0, 0.05) is 34.8 Å². The molecule has 172 valence electrons. The Bertz CT molecular complexity index is 1710. The number of H-pyrrole nitrogens is 2. The van der Waals surface area contributed by atoms with Crippen LogP contribution in [0.25, 0.3) is 55.6 Å². The zero-order valence-corrected chi connectivity index (χ0v) is 19.0. The monoisotopic (exact) mass is 465 g/mol. The van der Waals surface area contributed by atoms with E-state index in [9.17, 15) is 4.39 Å². The van der Waals surface area contributed by atoms with Crippen LogP contribution in [0.3, 0.4) is 0 Å². The Labute approximate surface area is 199 Å². The molecule has 8 heteroatoms. The Balaban J connectivity index is 1.48. The largest absolute Gasteiger partial charge is 0.497 e. The van der Waals surface area contributed by atoms with Gasteiger partial charge in [0.25, 0.3) is 0 Å². The minimum Gasteiger partial charge on any atom is -0.497 e. The molecule has 0 amide bonds. The van der Waals surface area contributed by atoms with Crippen LogP contribution in [0.2, 0.25) is 0 Å². The van der Waals surface area contributed by atoms with E-state index in [1.54, 1.807) is 25.7 Å². The predicted molar refractivity (Wildman–Crippen MR) is 133 cm³/mol. The molecule has 4 heterocycles. The number of nitrogens with zero attached hydrogens (tertiary/aromatic N) is 3. The van der Waals surface area contributed by atoms with E-state index in [0.29, 0.717) is 22.7 Å². The molecule has 7 nitrogen and oxygen atoms in total. The second-order valence-corrected chi connectivity index (χ2v) is 8.13. The van der Waals surface area contributed by atoms with Crippen LogP contribution >= 0.6 is 0 Å². The Morgan fingerprint density at radius 2 is 1.66 bits per heavy atom. The summed E-state index contributed by atoms with van der Waals surface area (Å²) in [6.45, 7) is 0. The van der Waals surface area contributed by atoms with E-state index in [1.807, 2.05) is 36.4 Å². The van der Waals surface area contributed by atoms with Crippen molar-refractivity contribution in [3.05, 3.63) is 79.0 Å². The van der Waals surface area contributed by atoms with Crippen molar-refractivity contribution >= 4 is 21.9 Å². The summed E-state index contributed by atoms with van der Waals surface area (Å²) in [5.74, 6) is 0.787. The van der Waals surface area contributed by atoms with Gasteiger partial charge in [0.05, 0.1) is 31.6 Å². The van der Waals surface area contributed by atoms with E-state index in [-0.39, 0.29) is 5.82 Å². The number of benzene rings is 2. The van der Waals surface area contributed by atoms with Gasteiger partial charge in [0.2, 0.25) is 0 Å². The number of hydrogen-bond acceptors (Lipinski definition) is 5. The highest BCUT2D eigenvalue weighted by Crippen LogP contribution is 2.36. The minimum absolute atomic E-state index is 0.363. The third-order valence-corrected chi connectivity index (χ3v) is 6.05. The van der Waals surface area contributed by atoms with E-state index >= 15 is 0 Å². The van der Waals surface area contributed by atoms with Gasteiger partial charge < -0.3 is 14.5 Å². The maximum Gasteiger partial charge on any atom is 0.138 e. The van der Waals surface area contributed by atoms with Crippen molar-refractivity contribution in [1.29, 1.82) is 0 Å². The SMILES string of the molecule is COc1cncc(-c2ccc3[nH]nc(-c4cc5c(-c6cc(F)cc(OC)c6)ccnc5[nH]4)c3c2)c1.